The van der Waals surface area contributed by atoms with Gasteiger partial charge < -0.3 is 16.1 Å². The lowest BCUT2D eigenvalue weighted by Crippen LogP contribution is -2.47. The van der Waals surface area contributed by atoms with Crippen LogP contribution in [-0.2, 0) is 5.44 Å². The number of hydrogen-bond donors (Lipinski definition) is 4. The fraction of sp³-hybridized carbons (Fsp3) is 0.357. The number of hydrazine groups is 2. The molecule has 1 aliphatic carbocycles. The number of pyridine rings is 1. The summed E-state index contributed by atoms with van der Waals surface area (Å²) < 4.78 is 15.5. The van der Waals surface area contributed by atoms with E-state index in [0.717, 1.165) is 12.8 Å². The quantitative estimate of drug-likeness (QED) is 0.271. The molecule has 3 aromatic rings. The van der Waals surface area contributed by atoms with Gasteiger partial charge in [-0.15, -0.1) is 5.53 Å². The second-order valence-electron chi connectivity index (χ2n) is 11.8. The SMILES string of the molecule is [B]C1=C(C([B])(Nc2cc(Cl)c3ncc(C#N)c(NCC(C)(C)C)c3c2)c2c(F)cccc2Cl)NNN1C1(C)CC1. The summed E-state index contributed by atoms with van der Waals surface area (Å²) in [7, 11) is 13.7. The van der Waals surface area contributed by atoms with E-state index < -0.39 is 11.3 Å². The van der Waals surface area contributed by atoms with Gasteiger partial charge in [0.25, 0.3) is 0 Å². The standard InChI is InChI=1S/C28H28B2Cl2FN7/c1-26(2,3)14-36-22-15(12-34)13-35-23-17(22)10-16(11-19(23)32)37-28(30,21-18(31)6-5-7-20(21)33)24-25(29)40(39-38-24)27(4)8-9-27/h5-7,10-11,13,37-39H,8-9,14H2,1-4H3,(H,35,36). The Morgan fingerprint density at radius 1 is 1.23 bits per heavy atom. The zero-order valence-electron chi connectivity index (χ0n) is 22.7. The van der Waals surface area contributed by atoms with Crippen molar-refractivity contribution in [3.63, 3.8) is 0 Å². The number of nitrogens with one attached hydrogen (secondary N) is 4. The van der Waals surface area contributed by atoms with Crippen LogP contribution in [0.15, 0.2) is 47.8 Å². The zero-order chi connectivity index (χ0) is 29.0. The molecule has 1 aromatic heterocycles. The number of nitrogens with zero attached hydrogens (tertiary/aromatic N) is 3. The smallest absolute Gasteiger partial charge is 0.143 e. The van der Waals surface area contributed by atoms with Gasteiger partial charge in [0, 0.05) is 40.0 Å². The van der Waals surface area contributed by atoms with Crippen LogP contribution in [0.4, 0.5) is 15.8 Å². The molecule has 0 bridgehead atoms. The molecular formula is C28H28B2Cl2FN7. The predicted molar refractivity (Wildman–Crippen MR) is 160 cm³/mol. The van der Waals surface area contributed by atoms with E-state index in [1.54, 1.807) is 23.2 Å². The molecule has 40 heavy (non-hydrogen) atoms. The Balaban J connectivity index is 1.68. The van der Waals surface area contributed by atoms with E-state index in [1.165, 1.54) is 18.3 Å². The third kappa shape index (κ3) is 5.07. The minimum absolute atomic E-state index is 0.00193. The van der Waals surface area contributed by atoms with Crippen molar-refractivity contribution >= 4 is 61.2 Å². The molecule has 0 amide bonds. The van der Waals surface area contributed by atoms with Crippen LogP contribution in [0.5, 0.6) is 0 Å². The Kier molecular flexibility index (Phi) is 7.14. The topological polar surface area (TPSA) is 88.0 Å². The maximum absolute atomic E-state index is 15.5. The summed E-state index contributed by atoms with van der Waals surface area (Å²) in [6.07, 6.45) is 3.35. The van der Waals surface area contributed by atoms with Gasteiger partial charge >= 0.3 is 0 Å². The molecule has 2 aliphatic rings. The van der Waals surface area contributed by atoms with Crippen molar-refractivity contribution in [3.8, 4) is 6.07 Å². The van der Waals surface area contributed by atoms with Crippen LogP contribution in [0, 0.1) is 22.6 Å². The Morgan fingerprint density at radius 2 is 1.95 bits per heavy atom. The lowest BCUT2D eigenvalue weighted by Gasteiger charge is -2.36. The first-order chi connectivity index (χ1) is 18.8. The third-order valence-electron chi connectivity index (χ3n) is 7.24. The summed E-state index contributed by atoms with van der Waals surface area (Å²) in [4.78, 5) is 4.42. The maximum Gasteiger partial charge on any atom is 0.143 e. The molecule has 2 heterocycles. The average Bonchev–Trinajstić information content (AvgIpc) is 3.48. The van der Waals surface area contributed by atoms with Gasteiger partial charge in [-0.3, -0.25) is 9.99 Å². The first-order valence-corrected chi connectivity index (χ1v) is 13.6. The normalized spacial score (nSPS) is 17.8. The summed E-state index contributed by atoms with van der Waals surface area (Å²) in [6.45, 7) is 8.91. The Bertz CT molecular complexity index is 1560. The third-order valence-corrected chi connectivity index (χ3v) is 7.84. The van der Waals surface area contributed by atoms with Crippen LogP contribution in [0.2, 0.25) is 10.0 Å². The van der Waals surface area contributed by atoms with Gasteiger partial charge in [-0.05, 0) is 49.4 Å². The molecule has 1 unspecified atom stereocenters. The highest BCUT2D eigenvalue weighted by Gasteiger charge is 2.48. The fourth-order valence-corrected chi connectivity index (χ4v) is 5.37. The Labute approximate surface area is 246 Å². The van der Waals surface area contributed by atoms with E-state index in [9.17, 15) is 5.26 Å². The molecule has 1 fully saturated rings. The van der Waals surface area contributed by atoms with Crippen LogP contribution < -0.4 is 21.6 Å². The highest BCUT2D eigenvalue weighted by molar-refractivity contribution is 6.36. The van der Waals surface area contributed by atoms with Crippen LogP contribution in [0.3, 0.4) is 0 Å². The van der Waals surface area contributed by atoms with Gasteiger partial charge in [0.15, 0.2) is 0 Å². The first-order valence-electron chi connectivity index (χ1n) is 12.9. The lowest BCUT2D eigenvalue weighted by molar-refractivity contribution is 0.184. The van der Waals surface area contributed by atoms with E-state index in [2.05, 4.69) is 60.3 Å². The number of aromatic nitrogens is 1. The number of halogens is 3. The summed E-state index contributed by atoms with van der Waals surface area (Å²) in [5, 5.41) is 19.3. The highest BCUT2D eigenvalue weighted by atomic mass is 35.5. The van der Waals surface area contributed by atoms with Crippen molar-refractivity contribution in [2.24, 2.45) is 5.41 Å². The predicted octanol–water partition coefficient (Wildman–Crippen LogP) is 5.66. The Hall–Kier alpha value is -3.12. The molecule has 202 valence electrons. The first kappa shape index (κ1) is 28.4. The molecule has 7 nitrogen and oxygen atoms in total. The van der Waals surface area contributed by atoms with Crippen molar-refractivity contribution in [3.05, 3.63) is 74.8 Å². The number of anilines is 2. The minimum Gasteiger partial charge on any atom is -0.383 e. The number of hydrogen-bond acceptors (Lipinski definition) is 7. The highest BCUT2D eigenvalue weighted by Crippen LogP contribution is 2.46. The average molecular weight is 574 g/mol. The molecule has 0 spiro atoms. The fourth-order valence-electron chi connectivity index (χ4n) is 4.79. The van der Waals surface area contributed by atoms with Gasteiger partial charge in [0.05, 0.1) is 38.5 Å². The number of nitriles is 1. The van der Waals surface area contributed by atoms with Gasteiger partial charge in [0.1, 0.15) is 27.6 Å². The van der Waals surface area contributed by atoms with Crippen molar-refractivity contribution in [1.29, 1.82) is 5.26 Å². The summed E-state index contributed by atoms with van der Waals surface area (Å²) in [5.74, 6) is -0.617. The van der Waals surface area contributed by atoms with Gasteiger partial charge in [0.2, 0.25) is 0 Å². The van der Waals surface area contributed by atoms with Crippen molar-refractivity contribution in [2.75, 3.05) is 17.2 Å². The molecule has 0 saturated heterocycles. The number of benzene rings is 2. The van der Waals surface area contributed by atoms with Crippen molar-refractivity contribution in [2.45, 2.75) is 51.5 Å². The second-order valence-corrected chi connectivity index (χ2v) is 12.6. The largest absolute Gasteiger partial charge is 0.383 e. The molecule has 1 aliphatic heterocycles. The van der Waals surface area contributed by atoms with E-state index in [1.807, 2.05) is 0 Å². The zero-order valence-corrected chi connectivity index (χ0v) is 24.2. The van der Waals surface area contributed by atoms with E-state index in [-0.39, 0.29) is 21.5 Å². The second kappa shape index (κ2) is 10.1. The minimum atomic E-state index is -1.75. The van der Waals surface area contributed by atoms with E-state index >= 15 is 4.39 Å². The monoisotopic (exact) mass is 573 g/mol. The van der Waals surface area contributed by atoms with Crippen molar-refractivity contribution in [1.82, 2.24) is 21.0 Å². The number of fused-ring (bicyclic) bond motifs is 1. The van der Waals surface area contributed by atoms with Crippen LogP contribution in [0.1, 0.15) is 51.7 Å². The van der Waals surface area contributed by atoms with Crippen LogP contribution >= 0.6 is 23.2 Å². The molecule has 2 aromatic carbocycles. The molecule has 4 N–H and O–H groups in total. The lowest BCUT2D eigenvalue weighted by atomic mass is 9.67. The van der Waals surface area contributed by atoms with Gasteiger partial charge in [-0.1, -0.05) is 50.0 Å². The van der Waals surface area contributed by atoms with Crippen LogP contribution in [0.25, 0.3) is 10.9 Å². The molecule has 4 radical (unpaired) electrons. The molecule has 12 heteroatoms. The van der Waals surface area contributed by atoms with Crippen LogP contribution in [-0.4, -0.2) is 37.8 Å². The van der Waals surface area contributed by atoms with E-state index in [0.29, 0.717) is 50.7 Å². The summed E-state index contributed by atoms with van der Waals surface area (Å²) in [6, 6.07) is 9.97. The maximum atomic E-state index is 15.5. The Morgan fingerprint density at radius 3 is 2.58 bits per heavy atom. The van der Waals surface area contributed by atoms with E-state index in [4.69, 9.17) is 38.9 Å². The molecule has 1 atom stereocenters. The van der Waals surface area contributed by atoms with Crippen molar-refractivity contribution < 1.29 is 4.39 Å². The molecular weight excluding hydrogens is 546 g/mol. The molecule has 1 saturated carbocycles. The van der Waals surface area contributed by atoms with Gasteiger partial charge in [-0.25, -0.2) is 4.39 Å². The summed E-state index contributed by atoms with van der Waals surface area (Å²) >= 11 is 13.3. The van der Waals surface area contributed by atoms with Gasteiger partial charge in [-0.2, -0.15) is 5.26 Å². The number of rotatable bonds is 7. The summed E-state index contributed by atoms with van der Waals surface area (Å²) in [5.41, 5.74) is 6.60. The molecule has 5 rings (SSSR count).